The van der Waals surface area contributed by atoms with Crippen LogP contribution in [-0.2, 0) is 9.53 Å². The van der Waals surface area contributed by atoms with E-state index in [1.165, 1.54) is 6.07 Å². The van der Waals surface area contributed by atoms with Gasteiger partial charge in [-0.25, -0.2) is 9.37 Å². The fraction of sp³-hybridized carbons (Fsp3) is 0.538. The van der Waals surface area contributed by atoms with Crippen molar-refractivity contribution in [1.29, 1.82) is 0 Å². The molecule has 0 unspecified atom stereocenters. The third kappa shape index (κ3) is 2.40. The molecule has 1 aromatic heterocycles. The van der Waals surface area contributed by atoms with E-state index in [-0.39, 0.29) is 17.6 Å². The maximum Gasteiger partial charge on any atom is 0.229 e. The average molecular weight is 265 g/mol. The second-order valence-corrected chi connectivity index (χ2v) is 4.85. The van der Waals surface area contributed by atoms with Crippen LogP contribution in [0.5, 0.6) is 0 Å². The molecule has 0 aromatic carbocycles. The highest BCUT2D eigenvalue weighted by Crippen LogP contribution is 2.26. The summed E-state index contributed by atoms with van der Waals surface area (Å²) in [6.45, 7) is 3.63. The fourth-order valence-electron chi connectivity index (χ4n) is 2.46. The van der Waals surface area contributed by atoms with Crippen LogP contribution in [0, 0.1) is 11.7 Å². The van der Waals surface area contributed by atoms with E-state index in [1.807, 2.05) is 4.90 Å². The van der Waals surface area contributed by atoms with Crippen molar-refractivity contribution < 1.29 is 13.9 Å². The minimum atomic E-state index is -0.334. The molecule has 0 aliphatic carbocycles. The molecule has 1 amide bonds. The number of hydrogen-bond donors (Lipinski definition) is 0. The Balaban J connectivity index is 1.57. The second-order valence-electron chi connectivity index (χ2n) is 4.85. The SMILES string of the molecule is O=C(C1CN(c2ncccc2F)C1)N1CCOCC1. The molecule has 2 aliphatic rings. The number of morpholine rings is 1. The van der Waals surface area contributed by atoms with Crippen molar-refractivity contribution in [3.63, 3.8) is 0 Å². The number of halogens is 1. The standard InChI is InChI=1S/C13H16FN3O2/c14-11-2-1-3-15-12(11)17-8-10(9-17)13(18)16-4-6-19-7-5-16/h1-3,10H,4-9H2. The summed E-state index contributed by atoms with van der Waals surface area (Å²) in [6, 6.07) is 2.95. The van der Waals surface area contributed by atoms with Gasteiger partial charge in [0, 0.05) is 32.4 Å². The van der Waals surface area contributed by atoms with Crippen LogP contribution in [0.4, 0.5) is 10.2 Å². The van der Waals surface area contributed by atoms with Crippen LogP contribution in [0.15, 0.2) is 18.3 Å². The van der Waals surface area contributed by atoms with Gasteiger partial charge in [0.05, 0.1) is 19.1 Å². The van der Waals surface area contributed by atoms with Gasteiger partial charge in [-0.05, 0) is 12.1 Å². The first-order valence-corrected chi connectivity index (χ1v) is 6.47. The van der Waals surface area contributed by atoms with Crippen molar-refractivity contribution >= 4 is 11.7 Å². The van der Waals surface area contributed by atoms with Gasteiger partial charge in [0.1, 0.15) is 0 Å². The zero-order chi connectivity index (χ0) is 13.2. The first-order valence-electron chi connectivity index (χ1n) is 6.47. The fourth-order valence-corrected chi connectivity index (χ4v) is 2.46. The summed E-state index contributed by atoms with van der Waals surface area (Å²) in [5.41, 5.74) is 0. The van der Waals surface area contributed by atoms with Gasteiger partial charge < -0.3 is 14.5 Å². The predicted molar refractivity (Wildman–Crippen MR) is 67.3 cm³/mol. The smallest absolute Gasteiger partial charge is 0.229 e. The Bertz CT molecular complexity index is 471. The summed E-state index contributed by atoms with van der Waals surface area (Å²) < 4.78 is 18.8. The molecule has 3 heterocycles. The van der Waals surface area contributed by atoms with E-state index >= 15 is 0 Å². The molecule has 0 saturated carbocycles. The quantitative estimate of drug-likeness (QED) is 0.782. The number of nitrogens with zero attached hydrogens (tertiary/aromatic N) is 3. The van der Waals surface area contributed by atoms with Crippen LogP contribution in [0.3, 0.4) is 0 Å². The highest BCUT2D eigenvalue weighted by molar-refractivity contribution is 5.82. The summed E-state index contributed by atoms with van der Waals surface area (Å²) in [5, 5.41) is 0. The Labute approximate surface area is 111 Å². The van der Waals surface area contributed by atoms with E-state index in [1.54, 1.807) is 17.2 Å². The number of rotatable bonds is 2. The molecule has 0 spiro atoms. The Hall–Kier alpha value is -1.69. The largest absolute Gasteiger partial charge is 0.378 e. The van der Waals surface area contributed by atoms with E-state index in [0.717, 1.165) is 0 Å². The summed E-state index contributed by atoms with van der Waals surface area (Å²) in [6.07, 6.45) is 1.57. The maximum absolute atomic E-state index is 13.5. The topological polar surface area (TPSA) is 45.7 Å². The summed E-state index contributed by atoms with van der Waals surface area (Å²) in [5.74, 6) is 0.115. The normalized spacial score (nSPS) is 20.3. The first kappa shape index (κ1) is 12.3. The number of aromatic nitrogens is 1. The molecule has 19 heavy (non-hydrogen) atoms. The molecule has 5 nitrogen and oxygen atoms in total. The van der Waals surface area contributed by atoms with Crippen molar-refractivity contribution in [3.05, 3.63) is 24.1 Å². The monoisotopic (exact) mass is 265 g/mol. The molecule has 2 fully saturated rings. The van der Waals surface area contributed by atoms with E-state index in [2.05, 4.69) is 4.98 Å². The highest BCUT2D eigenvalue weighted by atomic mass is 19.1. The van der Waals surface area contributed by atoms with Gasteiger partial charge in [-0.15, -0.1) is 0 Å². The molecule has 0 atom stereocenters. The third-order valence-corrected chi connectivity index (χ3v) is 3.59. The van der Waals surface area contributed by atoms with Crippen LogP contribution in [0.1, 0.15) is 0 Å². The van der Waals surface area contributed by atoms with Gasteiger partial charge in [0.25, 0.3) is 0 Å². The maximum atomic E-state index is 13.5. The Morgan fingerprint density at radius 2 is 2.11 bits per heavy atom. The summed E-state index contributed by atoms with van der Waals surface area (Å²) in [4.78, 5) is 19.8. The lowest BCUT2D eigenvalue weighted by Crippen LogP contribution is -2.56. The predicted octanol–water partition coefficient (Wildman–Crippen LogP) is 0.516. The number of amides is 1. The molecule has 2 aliphatic heterocycles. The zero-order valence-electron chi connectivity index (χ0n) is 10.6. The minimum absolute atomic E-state index is 0.0421. The molecular formula is C13H16FN3O2. The number of anilines is 1. The minimum Gasteiger partial charge on any atom is -0.378 e. The van der Waals surface area contributed by atoms with Crippen molar-refractivity contribution in [2.24, 2.45) is 5.92 Å². The van der Waals surface area contributed by atoms with Gasteiger partial charge in [0.2, 0.25) is 5.91 Å². The molecular weight excluding hydrogens is 249 g/mol. The van der Waals surface area contributed by atoms with Crippen LogP contribution in [-0.4, -0.2) is 55.2 Å². The van der Waals surface area contributed by atoms with Crippen LogP contribution >= 0.6 is 0 Å². The third-order valence-electron chi connectivity index (χ3n) is 3.59. The molecule has 0 N–H and O–H groups in total. The Morgan fingerprint density at radius 1 is 1.37 bits per heavy atom. The van der Waals surface area contributed by atoms with Crippen LogP contribution < -0.4 is 4.90 Å². The van der Waals surface area contributed by atoms with Crippen molar-refractivity contribution in [2.75, 3.05) is 44.3 Å². The van der Waals surface area contributed by atoms with Gasteiger partial charge in [-0.3, -0.25) is 4.79 Å². The van der Waals surface area contributed by atoms with Crippen LogP contribution in [0.25, 0.3) is 0 Å². The van der Waals surface area contributed by atoms with E-state index in [4.69, 9.17) is 4.74 Å². The number of carbonyl (C=O) groups is 1. The molecule has 0 bridgehead atoms. The van der Waals surface area contributed by atoms with Crippen molar-refractivity contribution in [2.45, 2.75) is 0 Å². The Morgan fingerprint density at radius 3 is 2.79 bits per heavy atom. The Kier molecular flexibility index (Phi) is 3.33. The van der Waals surface area contributed by atoms with E-state index < -0.39 is 0 Å². The zero-order valence-corrected chi connectivity index (χ0v) is 10.6. The first-order chi connectivity index (χ1) is 9.25. The number of carbonyl (C=O) groups excluding carboxylic acids is 1. The van der Waals surface area contributed by atoms with E-state index in [0.29, 0.717) is 45.2 Å². The number of ether oxygens (including phenoxy) is 1. The molecule has 102 valence electrons. The van der Waals surface area contributed by atoms with Crippen molar-refractivity contribution in [3.8, 4) is 0 Å². The summed E-state index contributed by atoms with van der Waals surface area (Å²) in [7, 11) is 0. The lowest BCUT2D eigenvalue weighted by Gasteiger charge is -2.42. The van der Waals surface area contributed by atoms with E-state index in [9.17, 15) is 9.18 Å². The lowest BCUT2D eigenvalue weighted by molar-refractivity contribution is -0.140. The van der Waals surface area contributed by atoms with Crippen LogP contribution in [0.2, 0.25) is 0 Å². The number of pyridine rings is 1. The molecule has 0 radical (unpaired) electrons. The molecule has 1 aromatic rings. The highest BCUT2D eigenvalue weighted by Gasteiger charge is 2.37. The summed E-state index contributed by atoms with van der Waals surface area (Å²) >= 11 is 0. The molecule has 6 heteroatoms. The molecule has 3 rings (SSSR count). The lowest BCUT2D eigenvalue weighted by atomic mass is 9.98. The van der Waals surface area contributed by atoms with Gasteiger partial charge in [0.15, 0.2) is 11.6 Å². The van der Waals surface area contributed by atoms with Gasteiger partial charge in [-0.2, -0.15) is 0 Å². The van der Waals surface area contributed by atoms with Gasteiger partial charge in [-0.1, -0.05) is 0 Å². The molecule has 2 saturated heterocycles. The van der Waals surface area contributed by atoms with Crippen molar-refractivity contribution in [1.82, 2.24) is 9.88 Å². The number of hydrogen-bond acceptors (Lipinski definition) is 4. The average Bonchev–Trinajstić information content (AvgIpc) is 2.40. The van der Waals surface area contributed by atoms with Gasteiger partial charge >= 0.3 is 0 Å². The second kappa shape index (κ2) is 5.13.